The van der Waals surface area contributed by atoms with Gasteiger partial charge in [-0.15, -0.1) is 0 Å². The fraction of sp³-hybridized carbons (Fsp3) is 0.769. The van der Waals surface area contributed by atoms with Crippen molar-refractivity contribution in [2.24, 2.45) is 7.05 Å². The Bertz CT molecular complexity index is 556. The molecule has 0 aromatic carbocycles. The Kier molecular flexibility index (Phi) is 4.99. The van der Waals surface area contributed by atoms with Crippen molar-refractivity contribution in [2.45, 2.75) is 51.0 Å². The summed E-state index contributed by atoms with van der Waals surface area (Å²) in [6.45, 7) is 9.25. The summed E-state index contributed by atoms with van der Waals surface area (Å²) in [5.41, 5.74) is 0.175. The van der Waals surface area contributed by atoms with Crippen LogP contribution in [0.4, 0.5) is 0 Å². The maximum absolute atomic E-state index is 12.8. The smallest absolute Gasteiger partial charge is 0.246 e. The second-order valence-electron chi connectivity index (χ2n) is 6.20. The Hall–Kier alpha value is -0.920. The van der Waals surface area contributed by atoms with Crippen LogP contribution in [0.2, 0.25) is 0 Å². The van der Waals surface area contributed by atoms with Crippen LogP contribution in [-0.4, -0.2) is 46.8 Å². The standard InChI is InChI=1S/C13H25N3O3S/c1-10(2)16(7-8-17)20(18,19)11-9-15(6)14-12(11)13(3,4)5/h9-10,17H,7-8H2,1-6H3. The minimum absolute atomic E-state index is 0.0818. The van der Waals surface area contributed by atoms with Gasteiger partial charge in [-0.3, -0.25) is 4.68 Å². The largest absolute Gasteiger partial charge is 0.395 e. The summed E-state index contributed by atoms with van der Waals surface area (Å²) >= 11 is 0. The highest BCUT2D eigenvalue weighted by atomic mass is 32.2. The van der Waals surface area contributed by atoms with Crippen LogP contribution in [0.5, 0.6) is 0 Å². The molecular weight excluding hydrogens is 278 g/mol. The summed E-state index contributed by atoms with van der Waals surface area (Å²) in [6, 6.07) is -0.222. The summed E-state index contributed by atoms with van der Waals surface area (Å²) in [6.07, 6.45) is 1.53. The van der Waals surface area contributed by atoms with Crippen molar-refractivity contribution in [3.05, 3.63) is 11.9 Å². The lowest BCUT2D eigenvalue weighted by atomic mass is 9.92. The molecule has 1 N–H and O–H groups in total. The highest BCUT2D eigenvalue weighted by Crippen LogP contribution is 2.29. The van der Waals surface area contributed by atoms with Gasteiger partial charge in [0.1, 0.15) is 4.90 Å². The predicted octanol–water partition coefficient (Wildman–Crippen LogP) is 1.11. The predicted molar refractivity (Wildman–Crippen MR) is 78.0 cm³/mol. The number of aryl methyl sites for hydroxylation is 1. The van der Waals surface area contributed by atoms with Crippen LogP contribution in [-0.2, 0) is 22.5 Å². The zero-order valence-electron chi connectivity index (χ0n) is 13.1. The Morgan fingerprint density at radius 2 is 1.95 bits per heavy atom. The number of aliphatic hydroxyl groups excluding tert-OH is 1. The van der Waals surface area contributed by atoms with Crippen LogP contribution >= 0.6 is 0 Å². The molecule has 1 aromatic heterocycles. The van der Waals surface area contributed by atoms with Crippen molar-refractivity contribution in [1.29, 1.82) is 0 Å². The SMILES string of the molecule is CC(C)N(CCO)S(=O)(=O)c1cn(C)nc1C(C)(C)C. The summed E-state index contributed by atoms with van der Waals surface area (Å²) < 4.78 is 28.4. The molecule has 0 unspecified atom stereocenters. The average Bonchev–Trinajstić information content (AvgIpc) is 2.68. The molecular formula is C13H25N3O3S. The fourth-order valence-electron chi connectivity index (χ4n) is 2.06. The van der Waals surface area contributed by atoms with Gasteiger partial charge < -0.3 is 5.11 Å². The lowest BCUT2D eigenvalue weighted by Gasteiger charge is -2.26. The van der Waals surface area contributed by atoms with Gasteiger partial charge >= 0.3 is 0 Å². The maximum Gasteiger partial charge on any atom is 0.246 e. The van der Waals surface area contributed by atoms with Crippen molar-refractivity contribution < 1.29 is 13.5 Å². The lowest BCUT2D eigenvalue weighted by Crippen LogP contribution is -2.39. The molecule has 6 nitrogen and oxygen atoms in total. The molecule has 0 aliphatic heterocycles. The van der Waals surface area contributed by atoms with Crippen LogP contribution in [0.15, 0.2) is 11.1 Å². The van der Waals surface area contributed by atoms with E-state index in [1.807, 2.05) is 20.8 Å². The number of aliphatic hydroxyl groups is 1. The molecule has 0 amide bonds. The maximum atomic E-state index is 12.8. The molecule has 0 atom stereocenters. The number of sulfonamides is 1. The van der Waals surface area contributed by atoms with Crippen molar-refractivity contribution >= 4 is 10.0 Å². The first-order valence-electron chi connectivity index (χ1n) is 6.68. The first kappa shape index (κ1) is 17.1. The van der Waals surface area contributed by atoms with Gasteiger partial charge in [0.15, 0.2) is 0 Å². The molecule has 0 spiro atoms. The first-order valence-corrected chi connectivity index (χ1v) is 8.12. The fourth-order valence-corrected chi connectivity index (χ4v) is 4.06. The molecule has 0 radical (unpaired) electrons. The molecule has 7 heteroatoms. The molecule has 1 heterocycles. The van der Waals surface area contributed by atoms with Gasteiger partial charge in [-0.05, 0) is 13.8 Å². The van der Waals surface area contributed by atoms with E-state index in [0.29, 0.717) is 5.69 Å². The Labute approximate surface area is 121 Å². The van der Waals surface area contributed by atoms with Gasteiger partial charge in [0.25, 0.3) is 0 Å². The summed E-state index contributed by atoms with van der Waals surface area (Å²) in [7, 11) is -1.96. The summed E-state index contributed by atoms with van der Waals surface area (Å²) in [5, 5.41) is 13.4. The summed E-state index contributed by atoms with van der Waals surface area (Å²) in [4.78, 5) is 0.217. The van der Waals surface area contributed by atoms with Crippen LogP contribution in [0.25, 0.3) is 0 Å². The van der Waals surface area contributed by atoms with E-state index in [4.69, 9.17) is 5.11 Å². The molecule has 116 valence electrons. The molecule has 0 fully saturated rings. The number of aromatic nitrogens is 2. The zero-order chi connectivity index (χ0) is 15.7. The van der Waals surface area contributed by atoms with E-state index >= 15 is 0 Å². The normalized spacial score (nSPS) is 13.4. The van der Waals surface area contributed by atoms with Crippen LogP contribution in [0.3, 0.4) is 0 Å². The van der Waals surface area contributed by atoms with Gasteiger partial charge in [-0.25, -0.2) is 8.42 Å². The van der Waals surface area contributed by atoms with E-state index in [9.17, 15) is 8.42 Å². The van der Waals surface area contributed by atoms with Crippen molar-refractivity contribution in [3.63, 3.8) is 0 Å². The van der Waals surface area contributed by atoms with Gasteiger partial charge in [-0.1, -0.05) is 20.8 Å². The number of nitrogens with zero attached hydrogens (tertiary/aromatic N) is 3. The number of hydrogen-bond acceptors (Lipinski definition) is 4. The van der Waals surface area contributed by atoms with Crippen molar-refractivity contribution in [3.8, 4) is 0 Å². The third kappa shape index (κ3) is 3.39. The number of hydrogen-bond donors (Lipinski definition) is 1. The van der Waals surface area contributed by atoms with Crippen molar-refractivity contribution in [2.75, 3.05) is 13.2 Å². The topological polar surface area (TPSA) is 75.4 Å². The van der Waals surface area contributed by atoms with E-state index < -0.39 is 10.0 Å². The van der Waals surface area contributed by atoms with Crippen molar-refractivity contribution in [1.82, 2.24) is 14.1 Å². The van der Waals surface area contributed by atoms with E-state index in [-0.39, 0.29) is 29.5 Å². The molecule has 0 bridgehead atoms. The van der Waals surface area contributed by atoms with E-state index in [1.165, 1.54) is 15.2 Å². The molecule has 0 saturated carbocycles. The average molecular weight is 303 g/mol. The van der Waals surface area contributed by atoms with E-state index in [1.54, 1.807) is 20.9 Å². The van der Waals surface area contributed by atoms with Gasteiger partial charge in [0.2, 0.25) is 10.0 Å². The monoisotopic (exact) mass is 303 g/mol. The minimum Gasteiger partial charge on any atom is -0.395 e. The highest BCUT2D eigenvalue weighted by molar-refractivity contribution is 7.89. The molecule has 1 aromatic rings. The van der Waals surface area contributed by atoms with E-state index in [2.05, 4.69) is 5.10 Å². The summed E-state index contributed by atoms with van der Waals surface area (Å²) in [5.74, 6) is 0. The minimum atomic E-state index is -3.67. The van der Waals surface area contributed by atoms with Crippen LogP contribution < -0.4 is 0 Å². The molecule has 0 saturated heterocycles. The Balaban J connectivity index is 3.42. The second kappa shape index (κ2) is 5.83. The molecule has 1 rings (SSSR count). The van der Waals surface area contributed by atoms with E-state index in [0.717, 1.165) is 0 Å². The lowest BCUT2D eigenvalue weighted by molar-refractivity contribution is 0.236. The second-order valence-corrected chi connectivity index (χ2v) is 8.06. The molecule has 0 aliphatic rings. The molecule has 0 aliphatic carbocycles. The third-order valence-electron chi connectivity index (χ3n) is 2.99. The van der Waals surface area contributed by atoms with Crippen LogP contribution in [0.1, 0.15) is 40.3 Å². The quantitative estimate of drug-likeness (QED) is 0.884. The Morgan fingerprint density at radius 1 is 1.40 bits per heavy atom. The first-order chi connectivity index (χ1) is 9.01. The van der Waals surface area contributed by atoms with Gasteiger partial charge in [0, 0.05) is 31.2 Å². The number of rotatable bonds is 5. The Morgan fingerprint density at radius 3 is 2.35 bits per heavy atom. The van der Waals surface area contributed by atoms with Gasteiger partial charge in [0.05, 0.1) is 12.3 Å². The van der Waals surface area contributed by atoms with Crippen LogP contribution in [0, 0.1) is 0 Å². The molecule has 20 heavy (non-hydrogen) atoms. The zero-order valence-corrected chi connectivity index (χ0v) is 13.9. The third-order valence-corrected chi connectivity index (χ3v) is 5.06. The highest BCUT2D eigenvalue weighted by Gasteiger charge is 2.34. The van der Waals surface area contributed by atoms with Gasteiger partial charge in [-0.2, -0.15) is 9.40 Å².